The Bertz CT molecular complexity index is 633. The molecule has 0 fully saturated rings. The molecule has 6 nitrogen and oxygen atoms in total. The van der Waals surface area contributed by atoms with Gasteiger partial charge < -0.3 is 20.5 Å². The number of phenols is 1. The highest BCUT2D eigenvalue weighted by molar-refractivity contribution is 5.99. The van der Waals surface area contributed by atoms with Crippen LogP contribution in [0.4, 0.5) is 0 Å². The van der Waals surface area contributed by atoms with E-state index in [1.54, 1.807) is 19.1 Å². The third-order valence-electron chi connectivity index (χ3n) is 2.74. The molecule has 0 saturated heterocycles. The largest absolute Gasteiger partial charge is 0.507 e. The molecule has 1 atom stereocenters. The molecule has 6 heteroatoms. The molecule has 0 saturated carbocycles. The molecule has 0 aliphatic rings. The Hall–Kier alpha value is -2.50. The van der Waals surface area contributed by atoms with Crippen LogP contribution < -0.4 is 5.32 Å². The number of carbonyl (C=O) groups is 2. The number of carbonyl (C=O) groups excluding carboxylic acids is 1. The number of rotatable bonds is 4. The number of aliphatic carboxylic acids is 1. The van der Waals surface area contributed by atoms with Gasteiger partial charge in [-0.25, -0.2) is 0 Å². The number of hydrogen-bond acceptors (Lipinski definition) is 3. The van der Waals surface area contributed by atoms with Crippen LogP contribution in [0.25, 0.3) is 10.9 Å². The number of benzene rings is 1. The minimum Gasteiger partial charge on any atom is -0.507 e. The zero-order chi connectivity index (χ0) is 14.0. The first-order valence-corrected chi connectivity index (χ1v) is 5.80. The van der Waals surface area contributed by atoms with E-state index in [2.05, 4.69) is 10.3 Å². The van der Waals surface area contributed by atoms with Crippen molar-refractivity contribution >= 4 is 22.8 Å². The van der Waals surface area contributed by atoms with Gasteiger partial charge in [-0.1, -0.05) is 6.07 Å². The van der Waals surface area contributed by atoms with Crippen molar-refractivity contribution in [2.45, 2.75) is 19.4 Å². The van der Waals surface area contributed by atoms with Crippen LogP contribution in [0.3, 0.4) is 0 Å². The number of amides is 1. The second-order valence-electron chi connectivity index (χ2n) is 4.39. The second kappa shape index (κ2) is 5.01. The van der Waals surface area contributed by atoms with E-state index in [4.69, 9.17) is 5.11 Å². The average Bonchev–Trinajstić information content (AvgIpc) is 2.73. The summed E-state index contributed by atoms with van der Waals surface area (Å²) < 4.78 is 0. The summed E-state index contributed by atoms with van der Waals surface area (Å²) in [6.45, 7) is 1.62. The zero-order valence-electron chi connectivity index (χ0n) is 10.3. The number of carboxylic acids is 1. The Morgan fingerprint density at radius 1 is 1.42 bits per heavy atom. The molecule has 1 aromatic carbocycles. The lowest BCUT2D eigenvalue weighted by Crippen LogP contribution is -2.34. The summed E-state index contributed by atoms with van der Waals surface area (Å²) >= 11 is 0. The van der Waals surface area contributed by atoms with Gasteiger partial charge in [-0.2, -0.15) is 0 Å². The van der Waals surface area contributed by atoms with Crippen molar-refractivity contribution in [2.24, 2.45) is 0 Å². The maximum Gasteiger partial charge on any atom is 0.305 e. The van der Waals surface area contributed by atoms with Crippen molar-refractivity contribution in [1.82, 2.24) is 10.3 Å². The molecule has 0 aliphatic carbocycles. The Kier molecular flexibility index (Phi) is 3.41. The summed E-state index contributed by atoms with van der Waals surface area (Å²) in [7, 11) is 0. The highest BCUT2D eigenvalue weighted by atomic mass is 16.4. The normalized spacial score (nSPS) is 12.3. The lowest BCUT2D eigenvalue weighted by molar-refractivity contribution is -0.137. The first-order chi connectivity index (χ1) is 8.97. The van der Waals surface area contributed by atoms with Crippen LogP contribution in [0, 0.1) is 0 Å². The van der Waals surface area contributed by atoms with Crippen molar-refractivity contribution in [3.63, 3.8) is 0 Å². The quantitative estimate of drug-likeness (QED) is 0.670. The summed E-state index contributed by atoms with van der Waals surface area (Å²) in [5, 5.41) is 21.4. The molecule has 2 aromatic rings. The lowest BCUT2D eigenvalue weighted by atomic mass is 10.2. The molecule has 100 valence electrons. The highest BCUT2D eigenvalue weighted by Gasteiger charge is 2.15. The number of hydrogen-bond donors (Lipinski definition) is 4. The lowest BCUT2D eigenvalue weighted by Gasteiger charge is -2.10. The molecular weight excluding hydrogens is 248 g/mol. The number of phenolic OH excluding ortho intramolecular Hbond substituents is 1. The third kappa shape index (κ3) is 2.85. The molecule has 1 unspecified atom stereocenters. The fourth-order valence-corrected chi connectivity index (χ4v) is 1.88. The average molecular weight is 262 g/mol. The van der Waals surface area contributed by atoms with Gasteiger partial charge in [-0.05, 0) is 25.1 Å². The van der Waals surface area contributed by atoms with Gasteiger partial charge in [0.25, 0.3) is 5.91 Å². The summed E-state index contributed by atoms with van der Waals surface area (Å²) in [5.41, 5.74) is 0.935. The smallest absolute Gasteiger partial charge is 0.305 e. The molecule has 1 heterocycles. The van der Waals surface area contributed by atoms with Crippen LogP contribution in [0.15, 0.2) is 24.3 Å². The van der Waals surface area contributed by atoms with E-state index in [0.717, 1.165) is 0 Å². The number of carboxylic acid groups (broad SMARTS) is 1. The molecular formula is C13H14N2O4. The van der Waals surface area contributed by atoms with Crippen LogP contribution in [-0.2, 0) is 4.79 Å². The molecule has 1 amide bonds. The highest BCUT2D eigenvalue weighted by Crippen LogP contribution is 2.24. The minimum atomic E-state index is -0.970. The van der Waals surface area contributed by atoms with Gasteiger partial charge in [0, 0.05) is 16.9 Å². The van der Waals surface area contributed by atoms with E-state index in [9.17, 15) is 14.7 Å². The Balaban J connectivity index is 2.18. The summed E-state index contributed by atoms with van der Waals surface area (Å²) in [4.78, 5) is 25.3. The topological polar surface area (TPSA) is 102 Å². The first kappa shape index (κ1) is 12.9. The SMILES string of the molecule is CC(CC(=O)O)NC(=O)c1cc2c(O)cccc2[nH]1. The fourth-order valence-electron chi connectivity index (χ4n) is 1.88. The monoisotopic (exact) mass is 262 g/mol. The molecule has 0 bridgehead atoms. The summed E-state index contributed by atoms with van der Waals surface area (Å²) in [6, 6.07) is 6.01. The molecule has 0 radical (unpaired) electrons. The number of fused-ring (bicyclic) bond motifs is 1. The van der Waals surface area contributed by atoms with Gasteiger partial charge in [-0.15, -0.1) is 0 Å². The predicted molar refractivity (Wildman–Crippen MR) is 69.1 cm³/mol. The third-order valence-corrected chi connectivity index (χ3v) is 2.74. The van der Waals surface area contributed by atoms with Crippen molar-refractivity contribution in [3.05, 3.63) is 30.0 Å². The molecule has 0 aliphatic heterocycles. The van der Waals surface area contributed by atoms with Gasteiger partial charge in [0.15, 0.2) is 0 Å². The van der Waals surface area contributed by atoms with E-state index in [-0.39, 0.29) is 17.9 Å². The van der Waals surface area contributed by atoms with Crippen LogP contribution >= 0.6 is 0 Å². The molecule has 19 heavy (non-hydrogen) atoms. The zero-order valence-corrected chi connectivity index (χ0v) is 10.3. The van der Waals surface area contributed by atoms with Crippen molar-refractivity contribution < 1.29 is 19.8 Å². The Labute approximate surface area is 109 Å². The Morgan fingerprint density at radius 2 is 2.16 bits per heavy atom. The van der Waals surface area contributed by atoms with Gasteiger partial charge in [0.05, 0.1) is 6.42 Å². The van der Waals surface area contributed by atoms with Gasteiger partial charge in [0.2, 0.25) is 0 Å². The Morgan fingerprint density at radius 3 is 2.79 bits per heavy atom. The van der Waals surface area contributed by atoms with E-state index >= 15 is 0 Å². The summed E-state index contributed by atoms with van der Waals surface area (Å²) in [6.07, 6.45) is -0.142. The number of aromatic hydroxyl groups is 1. The second-order valence-corrected chi connectivity index (χ2v) is 4.39. The fraction of sp³-hybridized carbons (Fsp3) is 0.231. The first-order valence-electron chi connectivity index (χ1n) is 5.80. The van der Waals surface area contributed by atoms with Crippen LogP contribution in [0.5, 0.6) is 5.75 Å². The number of aromatic nitrogens is 1. The number of aromatic amines is 1. The standard InChI is InChI=1S/C13H14N2O4/c1-7(5-12(17)18)14-13(19)10-6-8-9(15-10)3-2-4-11(8)16/h2-4,6-7,15-16H,5H2,1H3,(H,14,19)(H,17,18). The van der Waals surface area contributed by atoms with Crippen molar-refractivity contribution in [1.29, 1.82) is 0 Å². The molecule has 1 aromatic heterocycles. The molecule has 4 N–H and O–H groups in total. The van der Waals surface area contributed by atoms with E-state index in [1.165, 1.54) is 12.1 Å². The van der Waals surface area contributed by atoms with Crippen molar-refractivity contribution in [2.75, 3.05) is 0 Å². The van der Waals surface area contributed by atoms with Gasteiger partial charge in [-0.3, -0.25) is 9.59 Å². The van der Waals surface area contributed by atoms with E-state index in [1.807, 2.05) is 0 Å². The maximum atomic E-state index is 11.9. The van der Waals surface area contributed by atoms with Crippen LogP contribution in [0.2, 0.25) is 0 Å². The van der Waals surface area contributed by atoms with Crippen LogP contribution in [-0.4, -0.2) is 33.1 Å². The maximum absolute atomic E-state index is 11.9. The van der Waals surface area contributed by atoms with E-state index in [0.29, 0.717) is 10.9 Å². The molecule has 2 rings (SSSR count). The minimum absolute atomic E-state index is 0.0892. The number of nitrogens with one attached hydrogen (secondary N) is 2. The molecule has 0 spiro atoms. The van der Waals surface area contributed by atoms with Crippen LogP contribution in [0.1, 0.15) is 23.8 Å². The van der Waals surface area contributed by atoms with Gasteiger partial charge >= 0.3 is 5.97 Å². The number of H-pyrrole nitrogens is 1. The van der Waals surface area contributed by atoms with E-state index < -0.39 is 17.9 Å². The van der Waals surface area contributed by atoms with Gasteiger partial charge in [0.1, 0.15) is 11.4 Å². The summed E-state index contributed by atoms with van der Waals surface area (Å²) in [5.74, 6) is -1.28. The van der Waals surface area contributed by atoms with Crippen molar-refractivity contribution in [3.8, 4) is 5.75 Å². The predicted octanol–water partition coefficient (Wildman–Crippen LogP) is 1.47.